The Morgan fingerprint density at radius 3 is 2.55 bits per heavy atom. The SMILES string of the molecule is CCc1nc(-c2cc(OC)ccc2OC)nc(N)c1Br. The molecule has 0 fully saturated rings. The minimum atomic E-state index is 0.414. The van der Waals surface area contributed by atoms with Crippen LogP contribution in [0.15, 0.2) is 22.7 Å². The zero-order valence-electron chi connectivity index (χ0n) is 11.6. The molecule has 1 aromatic heterocycles. The molecule has 106 valence electrons. The van der Waals surface area contributed by atoms with E-state index in [1.807, 2.05) is 25.1 Å². The Hall–Kier alpha value is -1.82. The molecule has 6 heteroatoms. The number of halogens is 1. The Morgan fingerprint density at radius 2 is 1.95 bits per heavy atom. The average Bonchev–Trinajstić information content (AvgIpc) is 2.49. The van der Waals surface area contributed by atoms with E-state index in [2.05, 4.69) is 25.9 Å². The van der Waals surface area contributed by atoms with Crippen LogP contribution < -0.4 is 15.2 Å². The van der Waals surface area contributed by atoms with Crippen LogP contribution in [0.2, 0.25) is 0 Å². The van der Waals surface area contributed by atoms with E-state index in [4.69, 9.17) is 15.2 Å². The highest BCUT2D eigenvalue weighted by Crippen LogP contribution is 2.33. The number of ether oxygens (including phenoxy) is 2. The fourth-order valence-electron chi connectivity index (χ4n) is 1.86. The number of nitrogen functional groups attached to an aromatic ring is 1. The molecule has 0 aliphatic rings. The zero-order valence-corrected chi connectivity index (χ0v) is 13.2. The second-order valence-corrected chi connectivity index (χ2v) is 4.91. The third-order valence-electron chi connectivity index (χ3n) is 2.93. The predicted octanol–water partition coefficient (Wildman–Crippen LogP) is 3.07. The highest BCUT2D eigenvalue weighted by Gasteiger charge is 2.14. The van der Waals surface area contributed by atoms with Crippen LogP contribution in [0.3, 0.4) is 0 Å². The highest BCUT2D eigenvalue weighted by molar-refractivity contribution is 9.10. The number of nitrogens with two attached hydrogens (primary N) is 1. The summed E-state index contributed by atoms with van der Waals surface area (Å²) in [6, 6.07) is 5.48. The van der Waals surface area contributed by atoms with Gasteiger partial charge in [-0.3, -0.25) is 0 Å². The van der Waals surface area contributed by atoms with Crippen molar-refractivity contribution in [2.24, 2.45) is 0 Å². The van der Waals surface area contributed by atoms with Crippen LogP contribution >= 0.6 is 15.9 Å². The van der Waals surface area contributed by atoms with Crippen molar-refractivity contribution >= 4 is 21.7 Å². The maximum absolute atomic E-state index is 5.93. The van der Waals surface area contributed by atoms with Gasteiger partial charge in [-0.25, -0.2) is 9.97 Å². The lowest BCUT2D eigenvalue weighted by atomic mass is 10.1. The fraction of sp³-hybridized carbons (Fsp3) is 0.286. The molecule has 2 rings (SSSR count). The summed E-state index contributed by atoms with van der Waals surface area (Å²) in [5, 5.41) is 0. The summed E-state index contributed by atoms with van der Waals surface area (Å²) in [5.41, 5.74) is 7.54. The Balaban J connectivity index is 2.63. The van der Waals surface area contributed by atoms with Crippen molar-refractivity contribution in [2.45, 2.75) is 13.3 Å². The van der Waals surface area contributed by atoms with Gasteiger partial charge in [-0.05, 0) is 40.5 Å². The van der Waals surface area contributed by atoms with Gasteiger partial charge in [-0.1, -0.05) is 6.92 Å². The van der Waals surface area contributed by atoms with Gasteiger partial charge in [0.05, 0.1) is 29.9 Å². The van der Waals surface area contributed by atoms with Gasteiger partial charge in [0.2, 0.25) is 0 Å². The first-order chi connectivity index (χ1) is 9.60. The van der Waals surface area contributed by atoms with Gasteiger partial charge in [-0.2, -0.15) is 0 Å². The molecule has 0 bridgehead atoms. The number of aromatic nitrogens is 2. The van der Waals surface area contributed by atoms with Crippen molar-refractivity contribution in [1.82, 2.24) is 9.97 Å². The van der Waals surface area contributed by atoms with Crippen molar-refractivity contribution in [2.75, 3.05) is 20.0 Å². The van der Waals surface area contributed by atoms with Gasteiger partial charge in [0, 0.05) is 0 Å². The first-order valence-electron chi connectivity index (χ1n) is 6.15. The Morgan fingerprint density at radius 1 is 1.20 bits per heavy atom. The van der Waals surface area contributed by atoms with Crippen molar-refractivity contribution in [3.05, 3.63) is 28.4 Å². The van der Waals surface area contributed by atoms with E-state index in [0.29, 0.717) is 23.1 Å². The summed E-state index contributed by atoms with van der Waals surface area (Å²) in [5.74, 6) is 2.33. The number of aryl methyl sites for hydroxylation is 1. The first-order valence-corrected chi connectivity index (χ1v) is 6.94. The van der Waals surface area contributed by atoms with Crippen LogP contribution in [0.1, 0.15) is 12.6 Å². The standard InChI is InChI=1S/C14H16BrN3O2/c1-4-10-12(15)13(16)18-14(17-10)9-7-8(19-2)5-6-11(9)20-3/h5-7H,4H2,1-3H3,(H2,16,17,18). The monoisotopic (exact) mass is 337 g/mol. The minimum absolute atomic E-state index is 0.414. The third kappa shape index (κ3) is 2.70. The number of nitrogens with zero attached hydrogens (tertiary/aromatic N) is 2. The first kappa shape index (κ1) is 14.6. The lowest BCUT2D eigenvalue weighted by Crippen LogP contribution is -2.03. The number of anilines is 1. The lowest BCUT2D eigenvalue weighted by Gasteiger charge is -2.12. The molecule has 0 saturated carbocycles. The van der Waals surface area contributed by atoms with Crippen LogP contribution in [0.25, 0.3) is 11.4 Å². The van der Waals surface area contributed by atoms with Crippen LogP contribution in [-0.4, -0.2) is 24.2 Å². The minimum Gasteiger partial charge on any atom is -0.497 e. The lowest BCUT2D eigenvalue weighted by molar-refractivity contribution is 0.404. The summed E-state index contributed by atoms with van der Waals surface area (Å²) in [6.45, 7) is 2.01. The van der Waals surface area contributed by atoms with Crippen molar-refractivity contribution in [3.8, 4) is 22.9 Å². The molecule has 20 heavy (non-hydrogen) atoms. The summed E-state index contributed by atoms with van der Waals surface area (Å²) < 4.78 is 11.3. The number of rotatable bonds is 4. The van der Waals surface area contributed by atoms with Crippen molar-refractivity contribution in [3.63, 3.8) is 0 Å². The van der Waals surface area contributed by atoms with Gasteiger partial charge in [0.25, 0.3) is 0 Å². The van der Waals surface area contributed by atoms with Crippen LogP contribution in [0.4, 0.5) is 5.82 Å². The maximum Gasteiger partial charge on any atom is 0.165 e. The van der Waals surface area contributed by atoms with Crippen LogP contribution in [0.5, 0.6) is 11.5 Å². The number of hydrogen-bond donors (Lipinski definition) is 1. The maximum atomic E-state index is 5.93. The smallest absolute Gasteiger partial charge is 0.165 e. The van der Waals surface area contributed by atoms with Crippen LogP contribution in [0, 0.1) is 0 Å². The van der Waals surface area contributed by atoms with Gasteiger partial charge in [-0.15, -0.1) is 0 Å². The predicted molar refractivity (Wildman–Crippen MR) is 82.1 cm³/mol. The molecule has 0 atom stereocenters. The molecule has 1 heterocycles. The molecule has 2 N–H and O–H groups in total. The number of benzene rings is 1. The van der Waals surface area contributed by atoms with E-state index in [9.17, 15) is 0 Å². The Labute approximate surface area is 126 Å². The molecular weight excluding hydrogens is 322 g/mol. The quantitative estimate of drug-likeness (QED) is 0.928. The molecular formula is C14H16BrN3O2. The summed E-state index contributed by atoms with van der Waals surface area (Å²) in [6.07, 6.45) is 0.757. The molecule has 0 unspecified atom stereocenters. The molecule has 5 nitrogen and oxygen atoms in total. The highest BCUT2D eigenvalue weighted by atomic mass is 79.9. The number of hydrogen-bond acceptors (Lipinski definition) is 5. The van der Waals surface area contributed by atoms with Crippen molar-refractivity contribution < 1.29 is 9.47 Å². The largest absolute Gasteiger partial charge is 0.497 e. The van der Waals surface area contributed by atoms with E-state index >= 15 is 0 Å². The Kier molecular flexibility index (Phi) is 4.44. The average molecular weight is 338 g/mol. The van der Waals surface area contributed by atoms with Gasteiger partial charge in [0.1, 0.15) is 17.3 Å². The normalized spacial score (nSPS) is 10.4. The molecule has 2 aromatic rings. The second-order valence-electron chi connectivity index (χ2n) is 4.11. The van der Waals surface area contributed by atoms with E-state index < -0.39 is 0 Å². The molecule has 1 aromatic carbocycles. The molecule has 0 saturated heterocycles. The molecule has 0 radical (unpaired) electrons. The number of methoxy groups -OCH3 is 2. The van der Waals surface area contributed by atoms with E-state index in [0.717, 1.165) is 22.2 Å². The molecule has 0 aliphatic carbocycles. The van der Waals surface area contributed by atoms with Gasteiger partial charge >= 0.3 is 0 Å². The van der Waals surface area contributed by atoms with Crippen molar-refractivity contribution in [1.29, 1.82) is 0 Å². The van der Waals surface area contributed by atoms with E-state index in [-0.39, 0.29) is 0 Å². The zero-order chi connectivity index (χ0) is 14.7. The summed E-state index contributed by atoms with van der Waals surface area (Å²) >= 11 is 3.40. The second kappa shape index (κ2) is 6.09. The van der Waals surface area contributed by atoms with E-state index in [1.165, 1.54) is 0 Å². The van der Waals surface area contributed by atoms with Crippen LogP contribution in [-0.2, 0) is 6.42 Å². The molecule has 0 amide bonds. The summed E-state index contributed by atoms with van der Waals surface area (Å²) in [7, 11) is 3.22. The topological polar surface area (TPSA) is 70.3 Å². The summed E-state index contributed by atoms with van der Waals surface area (Å²) in [4.78, 5) is 8.85. The molecule has 0 spiro atoms. The molecule has 0 aliphatic heterocycles. The van der Waals surface area contributed by atoms with Gasteiger partial charge < -0.3 is 15.2 Å². The van der Waals surface area contributed by atoms with Gasteiger partial charge in [0.15, 0.2) is 5.82 Å². The third-order valence-corrected chi connectivity index (χ3v) is 3.79. The van der Waals surface area contributed by atoms with E-state index in [1.54, 1.807) is 14.2 Å². The Bertz CT molecular complexity index is 632. The fourth-order valence-corrected chi connectivity index (χ4v) is 2.31.